The average molecular weight is 254 g/mol. The zero-order valence-corrected chi connectivity index (χ0v) is 11.4. The molecular formula is C15H14N2O2. The Kier molecular flexibility index (Phi) is 2.64. The number of carbonyl (C=O) groups excluding carboxylic acids is 1. The Balaban J connectivity index is 2.81. The summed E-state index contributed by atoms with van der Waals surface area (Å²) in [6.45, 7) is 7.62. The number of benzene rings is 1. The third-order valence-corrected chi connectivity index (χ3v) is 4.14. The van der Waals surface area contributed by atoms with Crippen LogP contribution in [-0.2, 0) is 10.2 Å². The molecule has 0 radical (unpaired) electrons. The quantitative estimate of drug-likeness (QED) is 0.667. The van der Waals surface area contributed by atoms with E-state index < -0.39 is 17.0 Å². The fourth-order valence-corrected chi connectivity index (χ4v) is 2.21. The van der Waals surface area contributed by atoms with Crippen molar-refractivity contribution < 1.29 is 9.53 Å². The van der Waals surface area contributed by atoms with Crippen molar-refractivity contribution in [3.05, 3.63) is 34.4 Å². The molecule has 0 amide bonds. The summed E-state index contributed by atoms with van der Waals surface area (Å²) in [4.78, 5) is 12.0. The van der Waals surface area contributed by atoms with E-state index in [1.54, 1.807) is 6.07 Å². The first-order chi connectivity index (χ1) is 8.74. The first-order valence-electron chi connectivity index (χ1n) is 5.96. The highest BCUT2D eigenvalue weighted by atomic mass is 16.6. The van der Waals surface area contributed by atoms with Gasteiger partial charge in [-0.05, 0) is 31.5 Å². The molecule has 0 saturated heterocycles. The van der Waals surface area contributed by atoms with Crippen LogP contribution in [0.3, 0.4) is 0 Å². The molecule has 0 aliphatic carbocycles. The van der Waals surface area contributed by atoms with Crippen LogP contribution in [0.5, 0.6) is 0 Å². The number of rotatable bonds is 0. The highest BCUT2D eigenvalue weighted by Crippen LogP contribution is 2.44. The largest absolute Gasteiger partial charge is 0.455 e. The smallest absolute Gasteiger partial charge is 0.339 e. The number of nitrogens with zero attached hydrogens (tertiary/aromatic N) is 2. The van der Waals surface area contributed by atoms with Crippen LogP contribution in [0.4, 0.5) is 0 Å². The zero-order chi connectivity index (χ0) is 14.4. The second-order valence-electron chi connectivity index (χ2n) is 5.69. The summed E-state index contributed by atoms with van der Waals surface area (Å²) in [5.74, 6) is -0.444. The van der Waals surface area contributed by atoms with Gasteiger partial charge < -0.3 is 4.74 Å². The van der Waals surface area contributed by atoms with Crippen molar-refractivity contribution in [1.82, 2.24) is 0 Å². The number of carbonyl (C=O) groups is 1. The molecule has 0 aromatic heterocycles. The van der Waals surface area contributed by atoms with Crippen molar-refractivity contribution in [2.24, 2.45) is 0 Å². The van der Waals surface area contributed by atoms with E-state index in [4.69, 9.17) is 15.3 Å². The summed E-state index contributed by atoms with van der Waals surface area (Å²) in [5, 5.41) is 18.1. The molecule has 1 heterocycles. The molecule has 0 unspecified atom stereocenters. The fraction of sp³-hybridized carbons (Fsp3) is 0.400. The molecule has 1 aromatic rings. The number of ether oxygens (including phenoxy) is 1. The maximum atomic E-state index is 12.0. The predicted octanol–water partition coefficient (Wildman–Crippen LogP) is 2.66. The van der Waals surface area contributed by atoms with E-state index in [1.807, 2.05) is 39.8 Å². The highest BCUT2D eigenvalue weighted by Gasteiger charge is 2.48. The summed E-state index contributed by atoms with van der Waals surface area (Å²) in [6.07, 6.45) is 0. The summed E-state index contributed by atoms with van der Waals surface area (Å²) >= 11 is 0. The van der Waals surface area contributed by atoms with Crippen LogP contribution in [0, 0.1) is 22.7 Å². The molecule has 96 valence electrons. The Morgan fingerprint density at radius 1 is 1.05 bits per heavy atom. The van der Waals surface area contributed by atoms with Crippen LogP contribution in [0.1, 0.15) is 54.7 Å². The number of cyclic esters (lactones) is 1. The van der Waals surface area contributed by atoms with Crippen molar-refractivity contribution >= 4 is 5.97 Å². The van der Waals surface area contributed by atoms with Gasteiger partial charge >= 0.3 is 5.97 Å². The lowest BCUT2D eigenvalue weighted by atomic mass is 9.68. The molecule has 0 N–H and O–H groups in total. The van der Waals surface area contributed by atoms with E-state index in [0.29, 0.717) is 11.1 Å². The van der Waals surface area contributed by atoms with Crippen LogP contribution >= 0.6 is 0 Å². The molecule has 2 rings (SSSR count). The van der Waals surface area contributed by atoms with Gasteiger partial charge in [-0.15, -0.1) is 0 Å². The van der Waals surface area contributed by atoms with Gasteiger partial charge in [0.1, 0.15) is 17.7 Å². The zero-order valence-electron chi connectivity index (χ0n) is 11.4. The molecule has 4 nitrogen and oxygen atoms in total. The fourth-order valence-electron chi connectivity index (χ4n) is 2.21. The summed E-state index contributed by atoms with van der Waals surface area (Å²) in [6, 6.07) is 7.02. The van der Waals surface area contributed by atoms with Crippen LogP contribution in [0.25, 0.3) is 0 Å². The van der Waals surface area contributed by atoms with Crippen LogP contribution in [-0.4, -0.2) is 11.6 Å². The van der Waals surface area contributed by atoms with Crippen molar-refractivity contribution in [2.75, 3.05) is 0 Å². The molecule has 0 atom stereocenters. The maximum Gasteiger partial charge on any atom is 0.339 e. The van der Waals surface area contributed by atoms with Gasteiger partial charge in [-0.3, -0.25) is 0 Å². The summed E-state index contributed by atoms with van der Waals surface area (Å²) in [7, 11) is 0. The Bertz CT molecular complexity index is 658. The second-order valence-corrected chi connectivity index (χ2v) is 5.69. The van der Waals surface area contributed by atoms with Gasteiger partial charge in [-0.1, -0.05) is 13.8 Å². The lowest BCUT2D eigenvalue weighted by Gasteiger charge is -2.45. The minimum atomic E-state index is -0.669. The first-order valence-corrected chi connectivity index (χ1v) is 5.96. The van der Waals surface area contributed by atoms with Gasteiger partial charge in [-0.25, -0.2) is 4.79 Å². The van der Waals surface area contributed by atoms with Gasteiger partial charge in [0, 0.05) is 5.41 Å². The number of hydrogen-bond acceptors (Lipinski definition) is 4. The number of esters is 1. The van der Waals surface area contributed by atoms with E-state index in [9.17, 15) is 4.79 Å². The summed E-state index contributed by atoms with van der Waals surface area (Å²) < 4.78 is 5.46. The molecule has 4 heteroatoms. The van der Waals surface area contributed by atoms with Crippen LogP contribution < -0.4 is 0 Å². The van der Waals surface area contributed by atoms with Gasteiger partial charge in [0.15, 0.2) is 0 Å². The molecule has 19 heavy (non-hydrogen) atoms. The van der Waals surface area contributed by atoms with E-state index in [-0.39, 0.29) is 5.56 Å². The predicted molar refractivity (Wildman–Crippen MR) is 68.4 cm³/mol. The Labute approximate surface area is 112 Å². The summed E-state index contributed by atoms with van der Waals surface area (Å²) in [5.41, 5.74) is 0.520. The number of hydrogen-bond donors (Lipinski definition) is 0. The second kappa shape index (κ2) is 3.83. The van der Waals surface area contributed by atoms with E-state index in [1.165, 1.54) is 6.07 Å². The monoisotopic (exact) mass is 254 g/mol. The normalized spacial score (nSPS) is 18.7. The van der Waals surface area contributed by atoms with Crippen LogP contribution in [0.2, 0.25) is 0 Å². The maximum absolute atomic E-state index is 12.0. The SMILES string of the molecule is CC1(C)OC(=O)c2cc(C#N)c(C#N)cc2C1(C)C. The molecule has 0 fully saturated rings. The minimum absolute atomic E-state index is 0.203. The molecule has 1 aliphatic heterocycles. The van der Waals surface area contributed by atoms with E-state index >= 15 is 0 Å². The Hall–Kier alpha value is -2.33. The topological polar surface area (TPSA) is 73.9 Å². The lowest BCUT2D eigenvalue weighted by molar-refractivity contribution is -0.0432. The van der Waals surface area contributed by atoms with Crippen molar-refractivity contribution in [2.45, 2.75) is 38.7 Å². The number of nitriles is 2. The Morgan fingerprint density at radius 3 is 2.11 bits per heavy atom. The Morgan fingerprint density at radius 2 is 1.58 bits per heavy atom. The minimum Gasteiger partial charge on any atom is -0.455 e. The standard InChI is InChI=1S/C15H14N2O2/c1-14(2)12-6-10(8-17)9(7-16)5-11(12)13(18)19-15(14,3)4/h5-6H,1-4H3. The van der Waals surface area contributed by atoms with E-state index in [0.717, 1.165) is 5.56 Å². The van der Waals surface area contributed by atoms with E-state index in [2.05, 4.69) is 0 Å². The van der Waals surface area contributed by atoms with Crippen LogP contribution in [0.15, 0.2) is 12.1 Å². The molecule has 0 saturated carbocycles. The van der Waals surface area contributed by atoms with Gasteiger partial charge in [0.05, 0.1) is 16.7 Å². The molecule has 1 aliphatic rings. The van der Waals surface area contributed by atoms with Gasteiger partial charge in [0.25, 0.3) is 0 Å². The highest BCUT2D eigenvalue weighted by molar-refractivity contribution is 5.94. The molecule has 0 bridgehead atoms. The molecule has 0 spiro atoms. The number of fused-ring (bicyclic) bond motifs is 1. The van der Waals surface area contributed by atoms with Crippen molar-refractivity contribution in [3.8, 4) is 12.1 Å². The average Bonchev–Trinajstić information content (AvgIpc) is 2.34. The van der Waals surface area contributed by atoms with Gasteiger partial charge in [-0.2, -0.15) is 10.5 Å². The lowest BCUT2D eigenvalue weighted by Crippen LogP contribution is -2.50. The van der Waals surface area contributed by atoms with Crippen molar-refractivity contribution in [3.63, 3.8) is 0 Å². The first kappa shape index (κ1) is 13.1. The van der Waals surface area contributed by atoms with Crippen molar-refractivity contribution in [1.29, 1.82) is 10.5 Å². The molecular weight excluding hydrogens is 240 g/mol. The molecule has 1 aromatic carbocycles. The van der Waals surface area contributed by atoms with Gasteiger partial charge in [0.2, 0.25) is 0 Å². The third kappa shape index (κ3) is 1.69. The third-order valence-electron chi connectivity index (χ3n) is 4.14.